The first-order valence-corrected chi connectivity index (χ1v) is 9.99. The van der Waals surface area contributed by atoms with E-state index in [-0.39, 0.29) is 0 Å². The van der Waals surface area contributed by atoms with Crippen LogP contribution in [0.1, 0.15) is 42.9 Å². The van der Waals surface area contributed by atoms with Crippen molar-refractivity contribution in [3.63, 3.8) is 0 Å². The highest BCUT2D eigenvalue weighted by Gasteiger charge is 2.26. The Bertz CT molecular complexity index is 880. The van der Waals surface area contributed by atoms with Crippen molar-refractivity contribution in [2.45, 2.75) is 45.3 Å². The second-order valence-corrected chi connectivity index (χ2v) is 7.36. The van der Waals surface area contributed by atoms with E-state index in [0.717, 1.165) is 63.0 Å². The second kappa shape index (κ2) is 8.56. The summed E-state index contributed by atoms with van der Waals surface area (Å²) in [6.45, 7) is 6.91. The van der Waals surface area contributed by atoms with Gasteiger partial charge in [0.25, 0.3) is 0 Å². The first kappa shape index (κ1) is 18.7. The lowest BCUT2D eigenvalue weighted by Crippen LogP contribution is -2.33. The molecule has 0 aliphatic carbocycles. The Labute approximate surface area is 166 Å². The smallest absolute Gasteiger partial charge is 0.153 e. The topological polar surface area (TPSA) is 61.0 Å². The molecule has 0 amide bonds. The molecular formula is C21H28N6O. The van der Waals surface area contributed by atoms with E-state index < -0.39 is 0 Å². The van der Waals surface area contributed by atoms with Crippen molar-refractivity contribution >= 4 is 0 Å². The fourth-order valence-electron chi connectivity index (χ4n) is 4.03. The molecule has 0 N–H and O–H groups in total. The van der Waals surface area contributed by atoms with E-state index in [2.05, 4.69) is 49.8 Å². The van der Waals surface area contributed by atoms with Gasteiger partial charge in [0.15, 0.2) is 5.82 Å². The molecule has 7 nitrogen and oxygen atoms in total. The Balaban J connectivity index is 1.39. The summed E-state index contributed by atoms with van der Waals surface area (Å²) in [6.07, 6.45) is 7.82. The van der Waals surface area contributed by atoms with E-state index >= 15 is 0 Å². The number of hydrogen-bond donors (Lipinski definition) is 0. The van der Waals surface area contributed by atoms with E-state index in [1.54, 1.807) is 13.3 Å². The number of likely N-dealkylation sites (tertiary alicyclic amines) is 1. The quantitative estimate of drug-likeness (QED) is 0.631. The molecule has 148 valence electrons. The normalized spacial score (nSPS) is 15.8. The average Bonchev–Trinajstić information content (AvgIpc) is 3.39. The van der Waals surface area contributed by atoms with Crippen LogP contribution < -0.4 is 4.74 Å². The zero-order chi connectivity index (χ0) is 19.3. The van der Waals surface area contributed by atoms with Gasteiger partial charge in [-0.25, -0.2) is 4.98 Å². The van der Waals surface area contributed by atoms with Gasteiger partial charge in [0.1, 0.15) is 11.6 Å². The number of piperidine rings is 1. The van der Waals surface area contributed by atoms with Crippen molar-refractivity contribution in [3.05, 3.63) is 60.2 Å². The van der Waals surface area contributed by atoms with Gasteiger partial charge in [0, 0.05) is 31.4 Å². The van der Waals surface area contributed by atoms with E-state index in [4.69, 9.17) is 4.74 Å². The number of rotatable bonds is 7. The molecule has 28 heavy (non-hydrogen) atoms. The molecule has 2 aromatic heterocycles. The molecule has 1 fully saturated rings. The molecule has 0 atom stereocenters. The maximum absolute atomic E-state index is 5.34. The van der Waals surface area contributed by atoms with E-state index in [1.807, 2.05) is 23.2 Å². The highest BCUT2D eigenvalue weighted by Crippen LogP contribution is 2.28. The van der Waals surface area contributed by atoms with E-state index in [9.17, 15) is 0 Å². The van der Waals surface area contributed by atoms with Crippen LogP contribution in [-0.4, -0.2) is 49.4 Å². The summed E-state index contributed by atoms with van der Waals surface area (Å²) in [7, 11) is 1.72. The number of nitrogens with zero attached hydrogens (tertiary/aromatic N) is 6. The van der Waals surface area contributed by atoms with Crippen molar-refractivity contribution in [1.82, 2.24) is 29.2 Å². The maximum atomic E-state index is 5.34. The van der Waals surface area contributed by atoms with Gasteiger partial charge in [-0.1, -0.05) is 12.1 Å². The lowest BCUT2D eigenvalue weighted by Gasteiger charge is -2.31. The summed E-state index contributed by atoms with van der Waals surface area (Å²) < 4.78 is 9.66. The molecule has 7 heteroatoms. The zero-order valence-electron chi connectivity index (χ0n) is 16.7. The van der Waals surface area contributed by atoms with Crippen molar-refractivity contribution in [3.8, 4) is 5.75 Å². The molecule has 0 spiro atoms. The van der Waals surface area contributed by atoms with Gasteiger partial charge in [0.2, 0.25) is 0 Å². The maximum Gasteiger partial charge on any atom is 0.153 e. The zero-order valence-corrected chi connectivity index (χ0v) is 16.7. The third kappa shape index (κ3) is 4.09. The van der Waals surface area contributed by atoms with Crippen molar-refractivity contribution in [2.75, 3.05) is 20.2 Å². The molecule has 0 unspecified atom stereocenters. The van der Waals surface area contributed by atoms with Crippen LogP contribution in [0.25, 0.3) is 0 Å². The molecule has 0 saturated carbocycles. The van der Waals surface area contributed by atoms with Gasteiger partial charge in [-0.05, 0) is 50.6 Å². The number of aromatic nitrogens is 5. The van der Waals surface area contributed by atoms with Crippen LogP contribution in [0.15, 0.2) is 43.0 Å². The predicted molar refractivity (Wildman–Crippen MR) is 107 cm³/mol. The van der Waals surface area contributed by atoms with Crippen LogP contribution in [0, 0.1) is 0 Å². The standard InChI is InChI=1S/C21H28N6O/c1-3-27-20(15-26-12-9-22-16-26)23-24-21(27)18-7-10-25(11-8-18)14-17-5-4-6-19(13-17)28-2/h4-6,9,12-13,16,18H,3,7-8,10-11,14-15H2,1-2H3. The minimum Gasteiger partial charge on any atom is -0.497 e. The van der Waals surface area contributed by atoms with Crippen molar-refractivity contribution in [1.29, 1.82) is 0 Å². The Hall–Kier alpha value is -2.67. The van der Waals surface area contributed by atoms with Crippen LogP contribution in [0.4, 0.5) is 0 Å². The second-order valence-electron chi connectivity index (χ2n) is 7.36. The van der Waals surface area contributed by atoms with Crippen LogP contribution in [-0.2, 0) is 19.6 Å². The largest absolute Gasteiger partial charge is 0.497 e. The highest BCUT2D eigenvalue weighted by molar-refractivity contribution is 5.28. The lowest BCUT2D eigenvalue weighted by molar-refractivity contribution is 0.200. The number of hydrogen-bond acceptors (Lipinski definition) is 5. The molecule has 1 aliphatic rings. The minimum atomic E-state index is 0.477. The Kier molecular flexibility index (Phi) is 5.71. The number of imidazole rings is 1. The number of ether oxygens (including phenoxy) is 1. The molecule has 4 rings (SSSR count). The molecular weight excluding hydrogens is 352 g/mol. The van der Waals surface area contributed by atoms with Gasteiger partial charge in [-0.15, -0.1) is 10.2 Å². The predicted octanol–water partition coefficient (Wildman–Crippen LogP) is 2.93. The summed E-state index contributed by atoms with van der Waals surface area (Å²) in [6, 6.07) is 8.36. The van der Waals surface area contributed by atoms with E-state index in [1.165, 1.54) is 5.56 Å². The van der Waals surface area contributed by atoms with E-state index in [0.29, 0.717) is 5.92 Å². The average molecular weight is 380 g/mol. The molecule has 0 radical (unpaired) electrons. The van der Waals surface area contributed by atoms with Gasteiger partial charge in [-0.3, -0.25) is 4.90 Å². The van der Waals surface area contributed by atoms with Crippen molar-refractivity contribution in [2.24, 2.45) is 0 Å². The summed E-state index contributed by atoms with van der Waals surface area (Å²) in [4.78, 5) is 6.63. The third-order valence-electron chi connectivity index (χ3n) is 5.55. The lowest BCUT2D eigenvalue weighted by atomic mass is 9.95. The fraction of sp³-hybridized carbons (Fsp3) is 0.476. The Morgan fingerprint density at radius 1 is 1.14 bits per heavy atom. The van der Waals surface area contributed by atoms with Crippen LogP contribution in [0.3, 0.4) is 0 Å². The molecule has 1 aliphatic heterocycles. The summed E-state index contributed by atoms with van der Waals surface area (Å²) in [5.74, 6) is 3.55. The van der Waals surface area contributed by atoms with Crippen molar-refractivity contribution < 1.29 is 4.74 Å². The third-order valence-corrected chi connectivity index (χ3v) is 5.55. The first-order valence-electron chi connectivity index (χ1n) is 9.99. The summed E-state index contributed by atoms with van der Waals surface area (Å²) in [5, 5.41) is 9.05. The summed E-state index contributed by atoms with van der Waals surface area (Å²) >= 11 is 0. The van der Waals surface area contributed by atoms with Crippen LogP contribution in [0.2, 0.25) is 0 Å². The molecule has 3 heterocycles. The SMILES string of the molecule is CCn1c(Cn2ccnc2)nnc1C1CCN(Cc2cccc(OC)c2)CC1. The number of methoxy groups -OCH3 is 1. The molecule has 3 aromatic rings. The highest BCUT2D eigenvalue weighted by atomic mass is 16.5. The number of benzene rings is 1. The van der Waals surface area contributed by atoms with Crippen LogP contribution in [0.5, 0.6) is 5.75 Å². The van der Waals surface area contributed by atoms with Crippen LogP contribution >= 0.6 is 0 Å². The minimum absolute atomic E-state index is 0.477. The molecule has 0 bridgehead atoms. The van der Waals surface area contributed by atoms with Gasteiger partial charge >= 0.3 is 0 Å². The van der Waals surface area contributed by atoms with Gasteiger partial charge in [-0.2, -0.15) is 0 Å². The Morgan fingerprint density at radius 3 is 2.71 bits per heavy atom. The first-order chi connectivity index (χ1) is 13.8. The molecule has 1 aromatic carbocycles. The van der Waals surface area contributed by atoms with Gasteiger partial charge < -0.3 is 13.9 Å². The Morgan fingerprint density at radius 2 is 2.00 bits per heavy atom. The molecule has 1 saturated heterocycles. The monoisotopic (exact) mass is 380 g/mol. The summed E-state index contributed by atoms with van der Waals surface area (Å²) in [5.41, 5.74) is 1.30. The fourth-order valence-corrected chi connectivity index (χ4v) is 4.03. The van der Waals surface area contributed by atoms with Gasteiger partial charge in [0.05, 0.1) is 20.0 Å².